The van der Waals surface area contributed by atoms with E-state index in [1.807, 2.05) is 0 Å². The number of rotatable bonds is 0. The zero-order chi connectivity index (χ0) is 0. The van der Waals surface area contributed by atoms with Gasteiger partial charge in [-0.15, -0.1) is 0 Å². The molecule has 0 rings (SSSR count). The maximum Gasteiger partial charge on any atom is 0 e. The van der Waals surface area contributed by atoms with Gasteiger partial charge in [-0.2, -0.15) is 0 Å². The predicted molar refractivity (Wildman–Crippen MR) is 77.5 cm³/mol. The van der Waals surface area contributed by atoms with Crippen LogP contribution in [0.2, 0.25) is 0 Å². The molecule has 0 atom stereocenters. The molecule has 0 saturated heterocycles. The van der Waals surface area contributed by atoms with Crippen molar-refractivity contribution in [2.24, 2.45) is 0 Å². The fourth-order valence-corrected chi connectivity index (χ4v) is 0. The molecule has 0 aliphatic heterocycles. The van der Waals surface area contributed by atoms with Gasteiger partial charge in [-0.25, -0.2) is 0 Å². The van der Waals surface area contributed by atoms with Crippen molar-refractivity contribution >= 4 is 0 Å². The Hall–Kier alpha value is 2.97. The van der Waals surface area contributed by atoms with Crippen molar-refractivity contribution in [3.8, 4) is 0 Å². The third kappa shape index (κ3) is 1910. The van der Waals surface area contributed by atoms with E-state index < -0.39 is 0 Å². The van der Waals surface area contributed by atoms with Gasteiger partial charge in [0.05, 0.1) is 0 Å². The Morgan fingerprint density at radius 3 is 0.160 bits per heavy atom. The molecule has 0 aliphatic carbocycles. The zero-order valence-electron chi connectivity index (χ0n) is 14.2. The second-order valence-electron chi connectivity index (χ2n) is 0. The van der Waals surface area contributed by atoms with E-state index in [9.17, 15) is 0 Å². The van der Waals surface area contributed by atoms with Gasteiger partial charge in [-0.1, -0.05) is 0 Å². The van der Waals surface area contributed by atoms with Crippen molar-refractivity contribution in [1.29, 1.82) is 0 Å². The summed E-state index contributed by atoms with van der Waals surface area (Å²) in [6.07, 6.45) is 0. The Morgan fingerprint density at radius 2 is 0.160 bits per heavy atom. The van der Waals surface area contributed by atoms with E-state index in [4.69, 9.17) is 0 Å². The van der Waals surface area contributed by atoms with Gasteiger partial charge in [0.15, 0.2) is 0 Å². The molecule has 46 N–H and O–H groups in total. The Bertz CT molecular complexity index is 40.5. The summed E-state index contributed by atoms with van der Waals surface area (Å²) in [6, 6.07) is 0. The average Bonchev–Trinajstić information content (AvgIpc) is 0. The Kier molecular flexibility index (Phi) is 190000. The average molecular weight is 790 g/mol. The summed E-state index contributed by atoms with van der Waals surface area (Å²) >= 11 is 0. The van der Waals surface area contributed by atoms with Crippen LogP contribution in [0.1, 0.15) is 0 Å². The van der Waals surface area contributed by atoms with Gasteiger partial charge < -0.3 is 172 Å². The third-order valence-corrected chi connectivity index (χ3v) is 0. The largest absolute Gasteiger partial charge is 1.00 e. The molecule has 0 fully saturated rings. The van der Waals surface area contributed by atoms with Gasteiger partial charge in [0, 0.05) is 58.4 Å². The van der Waals surface area contributed by atoms with Gasteiger partial charge in [0.1, 0.15) is 0 Å². The molecule has 25 heteroatoms. The van der Waals surface area contributed by atoms with Crippen LogP contribution < -0.4 is 161 Å². The summed E-state index contributed by atoms with van der Waals surface area (Å²) in [4.78, 5) is 0. The van der Waals surface area contributed by atoms with Crippen molar-refractivity contribution in [3.63, 3.8) is 0 Å². The minimum atomic E-state index is 0. The molecule has 25 heavy (non-hydrogen) atoms. The van der Waals surface area contributed by atoms with E-state index in [0.717, 1.165) is 0 Å². The molecule has 0 aromatic rings. The van der Waals surface area contributed by atoms with Crippen LogP contribution in [0.3, 0.4) is 0 Å². The molecule has 0 spiro atoms. The normalized spacial score (nSPS) is 0. The first kappa shape index (κ1) is 2310. The topological polar surface area (TPSA) is 553 Å². The van der Waals surface area contributed by atoms with E-state index in [-0.39, 0.29) is 230 Å². The van der Waals surface area contributed by atoms with Crippen LogP contribution in [0.25, 0.3) is 0 Å². The van der Waals surface area contributed by atoms with Crippen molar-refractivity contribution < 1.29 is 144 Å². The Labute approximate surface area is 228 Å². The summed E-state index contributed by atoms with van der Waals surface area (Å²) in [5.74, 6) is 0. The van der Waals surface area contributed by atoms with Gasteiger partial charge >= 0.3 is 0 Å². The third-order valence-electron chi connectivity index (χ3n) is 0. The van der Waals surface area contributed by atoms with Crippen LogP contribution in [0.5, 0.6) is 0 Å². The molecule has 0 aliphatic rings. The molecule has 0 heterocycles. The quantitative estimate of drug-likeness (QED) is 0.101. The van der Waals surface area contributed by atoms with Gasteiger partial charge in [0.2, 0.25) is 0 Å². The fraction of sp³-hybridized carbons (Fsp3) is 0. The summed E-state index contributed by atoms with van der Waals surface area (Å²) in [7, 11) is 0. The molecule has 0 aromatic heterocycles. The minimum absolute atomic E-state index is 0. The van der Waals surface area contributed by atoms with E-state index in [0.29, 0.717) is 0 Å². The standard InChI is InChI=1S/6ClH.14H3N.2H2O.3Ru/h6*1H;14*1H3;2*1H2;;;/p-6. The molecule has 0 bridgehead atoms. The van der Waals surface area contributed by atoms with Crippen molar-refractivity contribution in [3.05, 3.63) is 0 Å². The van der Waals surface area contributed by atoms with E-state index in [2.05, 4.69) is 0 Å². The van der Waals surface area contributed by atoms with Crippen LogP contribution in [0.4, 0.5) is 0 Å². The van der Waals surface area contributed by atoms with E-state index >= 15 is 0 Å². The predicted octanol–water partition coefficient (Wildman–Crippen LogP) is -17.4. The SMILES string of the molecule is N.N.N.N.N.N.N.N.N.N.N.N.N.N.O.O.[Cl-].[Cl-].[Cl-].[Cl-].[Cl-].[Cl-].[Ru].[Ru].[Ru]. The second-order valence-corrected chi connectivity index (χ2v) is 0. The first-order valence-electron chi connectivity index (χ1n) is 0. The minimum Gasteiger partial charge on any atom is -1.00 e. The molecular weight excluding hydrogens is 744 g/mol. The van der Waals surface area contributed by atoms with Crippen molar-refractivity contribution in [2.75, 3.05) is 0 Å². The molecule has 0 unspecified atom stereocenters. The fourth-order valence-electron chi connectivity index (χ4n) is 0. The van der Waals surface area contributed by atoms with Crippen LogP contribution in [-0.2, 0) is 58.4 Å². The first-order valence-corrected chi connectivity index (χ1v) is 0. The number of hydrogen-bond donors (Lipinski definition) is 14. The van der Waals surface area contributed by atoms with Gasteiger partial charge in [-0.05, 0) is 0 Å². The Morgan fingerprint density at radius 1 is 0.160 bits per heavy atom. The van der Waals surface area contributed by atoms with E-state index in [1.54, 1.807) is 0 Å². The van der Waals surface area contributed by atoms with Crippen molar-refractivity contribution in [1.82, 2.24) is 86.1 Å². The Balaban J connectivity index is 0. The summed E-state index contributed by atoms with van der Waals surface area (Å²) in [5.41, 5.74) is 0. The monoisotopic (exact) mass is 790 g/mol. The maximum atomic E-state index is 0. The molecule has 16 nitrogen and oxygen atoms in total. The summed E-state index contributed by atoms with van der Waals surface area (Å²) in [5, 5.41) is 0. The molecule has 200 valence electrons. The zero-order valence-corrected chi connectivity index (χ0v) is 24.0. The van der Waals surface area contributed by atoms with Crippen LogP contribution in [0.15, 0.2) is 0 Å². The maximum absolute atomic E-state index is 0. The van der Waals surface area contributed by atoms with Crippen LogP contribution in [0, 0.1) is 0 Å². The van der Waals surface area contributed by atoms with Gasteiger partial charge in [-0.3, -0.25) is 0 Å². The van der Waals surface area contributed by atoms with Gasteiger partial charge in [0.25, 0.3) is 0 Å². The molecule has 0 radical (unpaired) electrons. The smallest absolute Gasteiger partial charge is 0 e. The molecule has 0 saturated carbocycles. The number of hydrogen-bond acceptors (Lipinski definition) is 14. The van der Waals surface area contributed by atoms with Crippen LogP contribution in [-0.4, -0.2) is 11.0 Å². The molecule has 0 amide bonds. The molecular formula is H46Cl6N14O2Ru3-6. The van der Waals surface area contributed by atoms with Crippen LogP contribution >= 0.6 is 0 Å². The summed E-state index contributed by atoms with van der Waals surface area (Å²) in [6.45, 7) is 0. The summed E-state index contributed by atoms with van der Waals surface area (Å²) < 4.78 is 0. The first-order chi connectivity index (χ1) is 0. The van der Waals surface area contributed by atoms with Crippen molar-refractivity contribution in [2.45, 2.75) is 0 Å². The molecule has 0 aromatic carbocycles. The number of halogens is 6. The second kappa shape index (κ2) is 2060. The van der Waals surface area contributed by atoms with E-state index in [1.165, 1.54) is 0 Å².